The number of esters is 1. The highest BCUT2D eigenvalue weighted by Gasteiger charge is 2.62. The average molecular weight is 252 g/mol. The SMILES string of the molecule is CC1CCCC2(C)OC2C2OC(=O)C(C)C2CC1. The molecule has 3 aliphatic rings. The van der Waals surface area contributed by atoms with Crippen LogP contribution in [0.4, 0.5) is 0 Å². The smallest absolute Gasteiger partial charge is 0.309 e. The van der Waals surface area contributed by atoms with E-state index < -0.39 is 0 Å². The van der Waals surface area contributed by atoms with Gasteiger partial charge in [-0.05, 0) is 25.7 Å². The summed E-state index contributed by atoms with van der Waals surface area (Å²) in [6.07, 6.45) is 6.12. The lowest BCUT2D eigenvalue weighted by Crippen LogP contribution is -2.30. The van der Waals surface area contributed by atoms with Gasteiger partial charge in [0.25, 0.3) is 0 Å². The molecule has 1 saturated carbocycles. The molecule has 0 radical (unpaired) electrons. The van der Waals surface area contributed by atoms with E-state index in [1.54, 1.807) is 0 Å². The van der Waals surface area contributed by atoms with Crippen LogP contribution in [0.3, 0.4) is 0 Å². The maximum atomic E-state index is 11.8. The van der Waals surface area contributed by atoms with Gasteiger partial charge in [-0.15, -0.1) is 0 Å². The van der Waals surface area contributed by atoms with Gasteiger partial charge in [-0.25, -0.2) is 0 Å². The van der Waals surface area contributed by atoms with Crippen LogP contribution in [-0.4, -0.2) is 23.8 Å². The number of carbonyl (C=O) groups excluding carboxylic acids is 1. The van der Waals surface area contributed by atoms with Crippen molar-refractivity contribution in [1.29, 1.82) is 0 Å². The van der Waals surface area contributed by atoms with Gasteiger partial charge in [-0.2, -0.15) is 0 Å². The third-order valence-electron chi connectivity index (χ3n) is 5.29. The maximum Gasteiger partial charge on any atom is 0.309 e. The zero-order valence-electron chi connectivity index (χ0n) is 11.6. The third kappa shape index (κ3) is 1.97. The Hall–Kier alpha value is -0.570. The van der Waals surface area contributed by atoms with Gasteiger partial charge >= 0.3 is 5.97 Å². The molecule has 3 rings (SSSR count). The highest BCUT2D eigenvalue weighted by atomic mass is 16.6. The molecule has 0 aromatic heterocycles. The Kier molecular flexibility index (Phi) is 2.92. The first kappa shape index (κ1) is 12.5. The molecule has 2 aliphatic heterocycles. The van der Waals surface area contributed by atoms with E-state index in [2.05, 4.69) is 13.8 Å². The molecular weight excluding hydrogens is 228 g/mol. The van der Waals surface area contributed by atoms with Crippen molar-refractivity contribution >= 4 is 5.97 Å². The van der Waals surface area contributed by atoms with E-state index in [4.69, 9.17) is 9.47 Å². The number of ether oxygens (including phenoxy) is 2. The number of carbonyl (C=O) groups is 1. The third-order valence-corrected chi connectivity index (χ3v) is 5.29. The van der Waals surface area contributed by atoms with E-state index in [-0.39, 0.29) is 29.7 Å². The van der Waals surface area contributed by atoms with Crippen LogP contribution in [-0.2, 0) is 14.3 Å². The van der Waals surface area contributed by atoms with Crippen LogP contribution < -0.4 is 0 Å². The van der Waals surface area contributed by atoms with Gasteiger partial charge in [0.05, 0.1) is 11.5 Å². The Bertz CT molecular complexity index is 354. The van der Waals surface area contributed by atoms with Crippen molar-refractivity contribution < 1.29 is 14.3 Å². The molecule has 0 amide bonds. The minimum absolute atomic E-state index is 0.0165. The van der Waals surface area contributed by atoms with Gasteiger partial charge in [-0.3, -0.25) is 4.79 Å². The molecule has 2 heterocycles. The fourth-order valence-electron chi connectivity index (χ4n) is 3.78. The Labute approximate surface area is 109 Å². The number of fused-ring (bicyclic) bond motifs is 3. The van der Waals surface area contributed by atoms with Crippen LogP contribution >= 0.6 is 0 Å². The van der Waals surface area contributed by atoms with E-state index in [0.29, 0.717) is 5.92 Å². The van der Waals surface area contributed by atoms with Crippen molar-refractivity contribution in [2.45, 2.75) is 70.7 Å². The Morgan fingerprint density at radius 2 is 2.00 bits per heavy atom. The number of hydrogen-bond donors (Lipinski definition) is 0. The monoisotopic (exact) mass is 252 g/mol. The predicted molar refractivity (Wildman–Crippen MR) is 68.1 cm³/mol. The fraction of sp³-hybridized carbons (Fsp3) is 0.933. The largest absolute Gasteiger partial charge is 0.459 e. The molecule has 1 aliphatic carbocycles. The van der Waals surface area contributed by atoms with Crippen LogP contribution in [0.15, 0.2) is 0 Å². The molecule has 102 valence electrons. The summed E-state index contributed by atoms with van der Waals surface area (Å²) in [7, 11) is 0. The molecule has 2 saturated heterocycles. The summed E-state index contributed by atoms with van der Waals surface area (Å²) in [5.41, 5.74) is -0.0235. The minimum Gasteiger partial charge on any atom is -0.459 e. The highest BCUT2D eigenvalue weighted by Crippen LogP contribution is 2.50. The first-order chi connectivity index (χ1) is 8.51. The molecule has 3 nitrogen and oxygen atoms in total. The molecule has 0 N–H and O–H groups in total. The zero-order valence-corrected chi connectivity index (χ0v) is 11.6. The van der Waals surface area contributed by atoms with Crippen LogP contribution in [0.25, 0.3) is 0 Å². The van der Waals surface area contributed by atoms with E-state index in [0.717, 1.165) is 18.8 Å². The molecule has 6 atom stereocenters. The summed E-state index contributed by atoms with van der Waals surface area (Å²) in [4.78, 5) is 11.8. The van der Waals surface area contributed by atoms with E-state index >= 15 is 0 Å². The highest BCUT2D eigenvalue weighted by molar-refractivity contribution is 5.75. The molecular formula is C15H24O3. The van der Waals surface area contributed by atoms with Gasteiger partial charge < -0.3 is 9.47 Å². The van der Waals surface area contributed by atoms with Crippen molar-refractivity contribution in [1.82, 2.24) is 0 Å². The second-order valence-electron chi connectivity index (χ2n) is 6.78. The molecule has 3 heteroatoms. The Morgan fingerprint density at radius 3 is 2.78 bits per heavy atom. The van der Waals surface area contributed by atoms with E-state index in [1.165, 1.54) is 19.3 Å². The summed E-state index contributed by atoms with van der Waals surface area (Å²) < 4.78 is 11.5. The molecule has 0 aromatic carbocycles. The van der Waals surface area contributed by atoms with Crippen molar-refractivity contribution in [2.75, 3.05) is 0 Å². The van der Waals surface area contributed by atoms with Gasteiger partial charge in [0.2, 0.25) is 0 Å². The summed E-state index contributed by atoms with van der Waals surface area (Å²) >= 11 is 0. The Morgan fingerprint density at radius 1 is 1.22 bits per heavy atom. The second kappa shape index (κ2) is 4.22. The maximum absolute atomic E-state index is 11.8. The van der Waals surface area contributed by atoms with Crippen LogP contribution in [0.1, 0.15) is 52.9 Å². The molecule has 6 unspecified atom stereocenters. The van der Waals surface area contributed by atoms with Crippen LogP contribution in [0.2, 0.25) is 0 Å². The lowest BCUT2D eigenvalue weighted by molar-refractivity contribution is -0.144. The summed E-state index contributed by atoms with van der Waals surface area (Å²) in [6, 6.07) is 0. The standard InChI is InChI=1S/C15H24O3/c1-9-5-4-8-15(3)13(18-15)12-11(7-6-9)10(2)14(16)17-12/h9-13H,4-8H2,1-3H3. The number of epoxide rings is 1. The van der Waals surface area contributed by atoms with E-state index in [9.17, 15) is 4.79 Å². The van der Waals surface area contributed by atoms with E-state index in [1.807, 2.05) is 6.92 Å². The molecule has 0 spiro atoms. The predicted octanol–water partition coefficient (Wildman–Crippen LogP) is 2.92. The number of rotatable bonds is 0. The quantitative estimate of drug-likeness (QED) is 0.491. The van der Waals surface area contributed by atoms with Gasteiger partial charge in [0, 0.05) is 5.92 Å². The first-order valence-corrected chi connectivity index (χ1v) is 7.39. The zero-order chi connectivity index (χ0) is 12.9. The molecule has 18 heavy (non-hydrogen) atoms. The van der Waals surface area contributed by atoms with Crippen LogP contribution in [0, 0.1) is 17.8 Å². The average Bonchev–Trinajstić information content (AvgIpc) is 2.90. The second-order valence-corrected chi connectivity index (χ2v) is 6.78. The first-order valence-electron chi connectivity index (χ1n) is 7.39. The Balaban J connectivity index is 1.80. The minimum atomic E-state index is -0.0235. The summed E-state index contributed by atoms with van der Waals surface area (Å²) in [6.45, 7) is 6.52. The van der Waals surface area contributed by atoms with Crippen molar-refractivity contribution in [3.63, 3.8) is 0 Å². The van der Waals surface area contributed by atoms with Gasteiger partial charge in [-0.1, -0.05) is 33.1 Å². The molecule has 0 bridgehead atoms. The molecule has 3 fully saturated rings. The fourth-order valence-corrected chi connectivity index (χ4v) is 3.78. The van der Waals surface area contributed by atoms with Crippen molar-refractivity contribution in [3.8, 4) is 0 Å². The molecule has 0 aromatic rings. The van der Waals surface area contributed by atoms with Crippen molar-refractivity contribution in [2.24, 2.45) is 17.8 Å². The topological polar surface area (TPSA) is 38.8 Å². The van der Waals surface area contributed by atoms with Gasteiger partial charge in [0.1, 0.15) is 12.2 Å². The van der Waals surface area contributed by atoms with Gasteiger partial charge in [0.15, 0.2) is 0 Å². The lowest BCUT2D eigenvalue weighted by Gasteiger charge is -2.23. The lowest BCUT2D eigenvalue weighted by atomic mass is 9.79. The number of hydrogen-bond acceptors (Lipinski definition) is 3. The normalized spacial score (nSPS) is 52.2. The summed E-state index contributed by atoms with van der Waals surface area (Å²) in [5.74, 6) is 1.15. The van der Waals surface area contributed by atoms with Crippen LogP contribution in [0.5, 0.6) is 0 Å². The summed E-state index contributed by atoms with van der Waals surface area (Å²) in [5, 5.41) is 0. The van der Waals surface area contributed by atoms with Crippen molar-refractivity contribution in [3.05, 3.63) is 0 Å².